The predicted octanol–water partition coefficient (Wildman–Crippen LogP) is 1.38. The SMILES string of the molecule is O=C(NC1CCOCC1)[C@@H]1C[C@@H](O)CN1C1CCN(Cc2ccccc2)CC1. The number of carbonyl (C=O) groups excluding carboxylic acids is 1. The van der Waals surface area contributed by atoms with E-state index < -0.39 is 6.10 Å². The second-order valence-corrected chi connectivity index (χ2v) is 8.49. The van der Waals surface area contributed by atoms with Gasteiger partial charge in [0.1, 0.15) is 0 Å². The summed E-state index contributed by atoms with van der Waals surface area (Å²) >= 11 is 0. The van der Waals surface area contributed by atoms with Crippen molar-refractivity contribution in [1.29, 1.82) is 0 Å². The van der Waals surface area contributed by atoms with Gasteiger partial charge in [-0.2, -0.15) is 0 Å². The lowest BCUT2D eigenvalue weighted by Gasteiger charge is -2.39. The van der Waals surface area contributed by atoms with E-state index in [1.807, 2.05) is 0 Å². The lowest BCUT2D eigenvalue weighted by atomic mass is 10.0. The third kappa shape index (κ3) is 4.92. The first-order valence-corrected chi connectivity index (χ1v) is 10.8. The van der Waals surface area contributed by atoms with Gasteiger partial charge in [-0.05, 0) is 50.8 Å². The minimum absolute atomic E-state index is 0.0927. The van der Waals surface area contributed by atoms with Gasteiger partial charge >= 0.3 is 0 Å². The standard InChI is InChI=1S/C22H33N3O3/c26-20-14-21(22(27)23-18-8-12-28-13-9-18)25(16-20)19-6-10-24(11-7-19)15-17-4-2-1-3-5-17/h1-5,18-21,26H,6-16H2,(H,23,27)/t20-,21+/m1/s1. The molecule has 3 heterocycles. The van der Waals surface area contributed by atoms with Crippen LogP contribution in [0.5, 0.6) is 0 Å². The number of nitrogens with one attached hydrogen (secondary N) is 1. The van der Waals surface area contributed by atoms with Gasteiger partial charge in [-0.15, -0.1) is 0 Å². The zero-order valence-corrected chi connectivity index (χ0v) is 16.6. The van der Waals surface area contributed by atoms with Crippen molar-refractivity contribution >= 4 is 5.91 Å². The highest BCUT2D eigenvalue weighted by Crippen LogP contribution is 2.27. The molecule has 2 N–H and O–H groups in total. The highest BCUT2D eigenvalue weighted by atomic mass is 16.5. The van der Waals surface area contributed by atoms with E-state index >= 15 is 0 Å². The van der Waals surface area contributed by atoms with Crippen molar-refractivity contribution in [2.75, 3.05) is 32.8 Å². The minimum atomic E-state index is -0.396. The average Bonchev–Trinajstić information content (AvgIpc) is 3.12. The summed E-state index contributed by atoms with van der Waals surface area (Å²) in [6, 6.07) is 11.0. The van der Waals surface area contributed by atoms with Crippen molar-refractivity contribution in [3.8, 4) is 0 Å². The zero-order valence-electron chi connectivity index (χ0n) is 16.6. The van der Waals surface area contributed by atoms with Crippen LogP contribution in [0.3, 0.4) is 0 Å². The maximum absolute atomic E-state index is 12.9. The lowest BCUT2D eigenvalue weighted by molar-refractivity contribution is -0.127. The predicted molar refractivity (Wildman–Crippen MR) is 108 cm³/mol. The molecule has 1 amide bonds. The van der Waals surface area contributed by atoms with Crippen LogP contribution < -0.4 is 5.32 Å². The first-order valence-electron chi connectivity index (χ1n) is 10.8. The van der Waals surface area contributed by atoms with Gasteiger partial charge in [0.25, 0.3) is 0 Å². The van der Waals surface area contributed by atoms with Gasteiger partial charge < -0.3 is 15.2 Å². The summed E-state index contributed by atoms with van der Waals surface area (Å²) in [6.07, 6.45) is 4.05. The Morgan fingerprint density at radius 3 is 2.54 bits per heavy atom. The molecule has 28 heavy (non-hydrogen) atoms. The number of benzene rings is 1. The number of aliphatic hydroxyl groups is 1. The van der Waals surface area contributed by atoms with E-state index in [2.05, 4.69) is 45.4 Å². The number of hydrogen-bond acceptors (Lipinski definition) is 5. The topological polar surface area (TPSA) is 65.0 Å². The molecule has 2 atom stereocenters. The molecule has 0 spiro atoms. The summed E-state index contributed by atoms with van der Waals surface area (Å²) in [5, 5.41) is 13.5. The summed E-state index contributed by atoms with van der Waals surface area (Å²) in [4.78, 5) is 17.7. The Balaban J connectivity index is 1.30. The molecule has 1 aromatic carbocycles. The van der Waals surface area contributed by atoms with Gasteiger partial charge in [0.2, 0.25) is 5.91 Å². The zero-order chi connectivity index (χ0) is 19.3. The van der Waals surface area contributed by atoms with E-state index in [0.717, 1.165) is 58.5 Å². The van der Waals surface area contributed by atoms with Gasteiger partial charge in [-0.1, -0.05) is 30.3 Å². The molecule has 3 aliphatic heterocycles. The summed E-state index contributed by atoms with van der Waals surface area (Å²) in [5.74, 6) is 0.0927. The largest absolute Gasteiger partial charge is 0.392 e. The molecule has 3 saturated heterocycles. The van der Waals surface area contributed by atoms with Crippen LogP contribution >= 0.6 is 0 Å². The Kier molecular flexibility index (Phi) is 6.62. The van der Waals surface area contributed by atoms with E-state index in [9.17, 15) is 9.90 Å². The molecule has 1 aromatic rings. The minimum Gasteiger partial charge on any atom is -0.392 e. The van der Waals surface area contributed by atoms with Crippen LogP contribution in [0.2, 0.25) is 0 Å². The highest BCUT2D eigenvalue weighted by molar-refractivity contribution is 5.82. The number of rotatable bonds is 5. The molecule has 0 radical (unpaired) electrons. The number of piperidine rings is 1. The highest BCUT2D eigenvalue weighted by Gasteiger charge is 2.41. The Labute approximate surface area is 167 Å². The quantitative estimate of drug-likeness (QED) is 0.799. The van der Waals surface area contributed by atoms with Crippen LogP contribution in [0, 0.1) is 0 Å². The van der Waals surface area contributed by atoms with Crippen molar-refractivity contribution in [1.82, 2.24) is 15.1 Å². The fourth-order valence-electron chi connectivity index (χ4n) is 4.89. The third-order valence-corrected chi connectivity index (χ3v) is 6.46. The van der Waals surface area contributed by atoms with Gasteiger partial charge in [0, 0.05) is 38.4 Å². The van der Waals surface area contributed by atoms with Crippen molar-refractivity contribution < 1.29 is 14.6 Å². The first-order chi connectivity index (χ1) is 13.7. The van der Waals surface area contributed by atoms with Crippen molar-refractivity contribution in [2.45, 2.75) is 62.9 Å². The number of carbonyl (C=O) groups is 1. The Morgan fingerprint density at radius 1 is 1.11 bits per heavy atom. The molecule has 3 aliphatic rings. The van der Waals surface area contributed by atoms with E-state index in [-0.39, 0.29) is 18.0 Å². The number of aliphatic hydroxyl groups excluding tert-OH is 1. The molecule has 154 valence electrons. The maximum atomic E-state index is 12.9. The molecule has 0 aromatic heterocycles. The number of hydrogen-bond donors (Lipinski definition) is 2. The van der Waals surface area contributed by atoms with E-state index in [1.165, 1.54) is 5.56 Å². The number of nitrogens with zero attached hydrogens (tertiary/aromatic N) is 2. The molecule has 6 heteroatoms. The van der Waals surface area contributed by atoms with Crippen LogP contribution in [-0.2, 0) is 16.1 Å². The summed E-state index contributed by atoms with van der Waals surface area (Å²) in [5.41, 5.74) is 1.35. The van der Waals surface area contributed by atoms with Gasteiger partial charge in [0.15, 0.2) is 0 Å². The van der Waals surface area contributed by atoms with Crippen LogP contribution in [0.25, 0.3) is 0 Å². The fraction of sp³-hybridized carbons (Fsp3) is 0.682. The lowest BCUT2D eigenvalue weighted by Crippen LogP contribution is -2.53. The summed E-state index contributed by atoms with van der Waals surface area (Å²) in [6.45, 7) is 5.14. The van der Waals surface area contributed by atoms with E-state index in [0.29, 0.717) is 19.0 Å². The smallest absolute Gasteiger partial charge is 0.237 e. The van der Waals surface area contributed by atoms with Crippen LogP contribution in [-0.4, -0.2) is 77.9 Å². The molecule has 6 nitrogen and oxygen atoms in total. The molecular formula is C22H33N3O3. The van der Waals surface area contributed by atoms with Gasteiger partial charge in [-0.3, -0.25) is 14.6 Å². The number of likely N-dealkylation sites (tertiary alicyclic amines) is 2. The Hall–Kier alpha value is -1.47. The summed E-state index contributed by atoms with van der Waals surface area (Å²) in [7, 11) is 0. The van der Waals surface area contributed by atoms with Crippen molar-refractivity contribution in [3.63, 3.8) is 0 Å². The second kappa shape index (κ2) is 9.35. The molecule has 0 bridgehead atoms. The molecule has 0 aliphatic carbocycles. The van der Waals surface area contributed by atoms with Crippen molar-refractivity contribution in [2.24, 2.45) is 0 Å². The van der Waals surface area contributed by atoms with Gasteiger partial charge in [-0.25, -0.2) is 0 Å². The molecular weight excluding hydrogens is 354 g/mol. The third-order valence-electron chi connectivity index (χ3n) is 6.46. The van der Waals surface area contributed by atoms with Crippen molar-refractivity contribution in [3.05, 3.63) is 35.9 Å². The second-order valence-electron chi connectivity index (χ2n) is 8.49. The van der Waals surface area contributed by atoms with E-state index in [1.54, 1.807) is 0 Å². The van der Waals surface area contributed by atoms with Crippen LogP contribution in [0.15, 0.2) is 30.3 Å². The number of ether oxygens (including phenoxy) is 1. The average molecular weight is 388 g/mol. The maximum Gasteiger partial charge on any atom is 0.237 e. The molecule has 4 rings (SSSR count). The van der Waals surface area contributed by atoms with E-state index in [4.69, 9.17) is 4.74 Å². The molecule has 3 fully saturated rings. The Bertz CT molecular complexity index is 627. The van der Waals surface area contributed by atoms with Gasteiger partial charge in [0.05, 0.1) is 12.1 Å². The first kappa shape index (κ1) is 19.8. The normalized spacial score (nSPS) is 28.5. The van der Waals surface area contributed by atoms with Crippen LogP contribution in [0.1, 0.15) is 37.7 Å². The summed E-state index contributed by atoms with van der Waals surface area (Å²) < 4.78 is 5.39. The number of amides is 1. The monoisotopic (exact) mass is 387 g/mol. The molecule has 0 saturated carbocycles. The fourth-order valence-corrected chi connectivity index (χ4v) is 4.89. The van der Waals surface area contributed by atoms with Crippen LogP contribution in [0.4, 0.5) is 0 Å². The molecule has 0 unspecified atom stereocenters. The number of β-amino-alcohol motifs (C(OH)–C–C–N with tert-alkyl or cyclic N) is 1. The Morgan fingerprint density at radius 2 is 1.82 bits per heavy atom.